The predicted octanol–water partition coefficient (Wildman–Crippen LogP) is 6.37. The second-order valence-corrected chi connectivity index (χ2v) is 14.6. The van der Waals surface area contributed by atoms with E-state index in [2.05, 4.69) is 27.7 Å². The highest BCUT2D eigenvalue weighted by Gasteiger charge is 2.72. The van der Waals surface area contributed by atoms with Gasteiger partial charge in [0.15, 0.2) is 0 Å². The van der Waals surface area contributed by atoms with Crippen molar-refractivity contribution in [2.24, 2.45) is 45.3 Å². The minimum absolute atomic E-state index is 0.0168. The fourth-order valence-corrected chi connectivity index (χ4v) is 11.4. The van der Waals surface area contributed by atoms with E-state index in [0.29, 0.717) is 17.8 Å². The van der Waals surface area contributed by atoms with E-state index < -0.39 is 11.5 Å². The van der Waals surface area contributed by atoms with Crippen molar-refractivity contribution >= 4 is 11.9 Å². The summed E-state index contributed by atoms with van der Waals surface area (Å²) >= 11 is 0. The number of carbonyl (C=O) groups excluding carboxylic acids is 2. The maximum atomic E-state index is 13.4. The van der Waals surface area contributed by atoms with Crippen molar-refractivity contribution in [2.45, 2.75) is 130 Å². The summed E-state index contributed by atoms with van der Waals surface area (Å²) in [7, 11) is 0. The van der Waals surface area contributed by atoms with Crippen LogP contribution >= 0.6 is 0 Å². The van der Waals surface area contributed by atoms with Crippen molar-refractivity contribution in [3.05, 3.63) is 11.1 Å². The Balaban J connectivity index is 1.43. The molecule has 1 aliphatic heterocycles. The van der Waals surface area contributed by atoms with Crippen LogP contribution < -0.4 is 0 Å². The number of ether oxygens (including phenoxy) is 2. The first-order chi connectivity index (χ1) is 17.4. The summed E-state index contributed by atoms with van der Waals surface area (Å²) in [6.45, 7) is 13.6. The van der Waals surface area contributed by atoms with Gasteiger partial charge in [-0.3, -0.25) is 4.79 Å². The standard InChI is InChI=1S/C32H48O5/c1-7-20(33)15-26(34)37-25-16-24-29(4)12-8-13-32(17-18(32)2)23(29)11-14-30(24,5)22-10-9-21-19(3)36-28(35)27(21)31(22,25)6/h18-20,22-25,33H,7-17H2,1-6H3/t18-,19+,20?,22-,23?,24?,25-,29-,30-,31+,32-/m0/s1. The number of rotatable bonds is 4. The molecule has 3 unspecified atom stereocenters. The molecule has 0 aromatic heterocycles. The molecule has 5 aliphatic carbocycles. The molecule has 0 amide bonds. The molecule has 11 atom stereocenters. The fraction of sp³-hybridized carbons (Fsp3) is 0.875. The lowest BCUT2D eigenvalue weighted by molar-refractivity contribution is -0.223. The van der Waals surface area contributed by atoms with Crippen LogP contribution in [0.15, 0.2) is 11.1 Å². The normalized spacial score (nSPS) is 50.9. The Morgan fingerprint density at radius 2 is 1.78 bits per heavy atom. The van der Waals surface area contributed by atoms with Crippen LogP contribution in [0.2, 0.25) is 0 Å². The zero-order chi connectivity index (χ0) is 26.5. The summed E-state index contributed by atoms with van der Waals surface area (Å²) in [4.78, 5) is 26.5. The van der Waals surface area contributed by atoms with Crippen molar-refractivity contribution in [2.75, 3.05) is 0 Å². The highest BCUT2D eigenvalue weighted by Crippen LogP contribution is 2.78. The van der Waals surface area contributed by atoms with Gasteiger partial charge in [0, 0.05) is 11.0 Å². The number of esters is 2. The molecule has 6 rings (SSSR count). The summed E-state index contributed by atoms with van der Waals surface area (Å²) in [6.07, 6.45) is 9.87. The van der Waals surface area contributed by atoms with Gasteiger partial charge in [0.05, 0.1) is 12.5 Å². The van der Waals surface area contributed by atoms with Gasteiger partial charge in [0.1, 0.15) is 12.2 Å². The molecule has 4 saturated carbocycles. The topological polar surface area (TPSA) is 72.8 Å². The number of cyclic esters (lactones) is 1. The van der Waals surface area contributed by atoms with E-state index in [1.165, 1.54) is 38.5 Å². The van der Waals surface area contributed by atoms with Crippen LogP contribution in [0.3, 0.4) is 0 Å². The minimum Gasteiger partial charge on any atom is -0.461 e. The second kappa shape index (κ2) is 8.32. The van der Waals surface area contributed by atoms with Crippen LogP contribution in [0.25, 0.3) is 0 Å². The van der Waals surface area contributed by atoms with Gasteiger partial charge in [-0.05, 0) is 110 Å². The zero-order valence-corrected chi connectivity index (χ0v) is 23.9. The summed E-state index contributed by atoms with van der Waals surface area (Å²) in [5.41, 5.74) is 2.27. The lowest BCUT2D eigenvalue weighted by atomic mass is 9.35. The maximum Gasteiger partial charge on any atom is 0.335 e. The van der Waals surface area contributed by atoms with Gasteiger partial charge in [-0.2, -0.15) is 0 Å². The quantitative estimate of drug-likeness (QED) is 0.443. The maximum absolute atomic E-state index is 13.4. The second-order valence-electron chi connectivity index (χ2n) is 14.6. The lowest BCUT2D eigenvalue weighted by Gasteiger charge is -2.69. The van der Waals surface area contributed by atoms with Crippen molar-refractivity contribution in [3.8, 4) is 0 Å². The molecule has 0 bridgehead atoms. The zero-order valence-electron chi connectivity index (χ0n) is 23.9. The molecule has 5 nitrogen and oxygen atoms in total. The lowest BCUT2D eigenvalue weighted by Crippen LogP contribution is -2.65. The largest absolute Gasteiger partial charge is 0.461 e. The smallest absolute Gasteiger partial charge is 0.335 e. The monoisotopic (exact) mass is 512 g/mol. The molecule has 206 valence electrons. The Labute approximate surface area is 223 Å². The van der Waals surface area contributed by atoms with Crippen LogP contribution in [0.5, 0.6) is 0 Å². The number of aliphatic hydroxyl groups excluding tert-OH is 1. The van der Waals surface area contributed by atoms with E-state index in [0.717, 1.165) is 42.2 Å². The van der Waals surface area contributed by atoms with Gasteiger partial charge in [0.2, 0.25) is 0 Å². The number of fused-ring (bicyclic) bond motifs is 7. The SMILES string of the molecule is CCC(O)CC(=O)O[C@H]1CC2[C@@]3(C)CCC[C@@]4(C[C@@H]4C)C3CC[C@@]2(C)[C@@H]2CCC3=C(C(=O)O[C@@H]3C)[C@@]12C. The van der Waals surface area contributed by atoms with Gasteiger partial charge >= 0.3 is 11.9 Å². The van der Waals surface area contributed by atoms with E-state index in [1.54, 1.807) is 0 Å². The first kappa shape index (κ1) is 25.9. The molecule has 0 aromatic carbocycles. The molecule has 1 N–H and O–H groups in total. The van der Waals surface area contributed by atoms with Crippen molar-refractivity contribution in [1.29, 1.82) is 0 Å². The molecule has 5 heteroatoms. The average Bonchev–Trinajstić information content (AvgIpc) is 3.35. The third-order valence-electron chi connectivity index (χ3n) is 13.2. The first-order valence-electron chi connectivity index (χ1n) is 15.2. The molecule has 37 heavy (non-hydrogen) atoms. The highest BCUT2D eigenvalue weighted by molar-refractivity contribution is 5.94. The third kappa shape index (κ3) is 3.37. The molecule has 6 aliphatic rings. The number of hydrogen-bond acceptors (Lipinski definition) is 5. The van der Waals surface area contributed by atoms with Gasteiger partial charge < -0.3 is 14.6 Å². The van der Waals surface area contributed by atoms with Gasteiger partial charge in [-0.1, -0.05) is 41.0 Å². The molecule has 0 radical (unpaired) electrons. The van der Waals surface area contributed by atoms with Crippen LogP contribution in [0, 0.1) is 45.3 Å². The first-order valence-corrected chi connectivity index (χ1v) is 15.2. The Morgan fingerprint density at radius 1 is 1.08 bits per heavy atom. The van der Waals surface area contributed by atoms with Gasteiger partial charge in [-0.15, -0.1) is 0 Å². The van der Waals surface area contributed by atoms with E-state index in [1.807, 2.05) is 13.8 Å². The van der Waals surface area contributed by atoms with Crippen LogP contribution in [0.4, 0.5) is 0 Å². The summed E-state index contributed by atoms with van der Waals surface area (Å²) in [5.74, 6) is 1.79. The van der Waals surface area contributed by atoms with E-state index in [-0.39, 0.29) is 47.3 Å². The summed E-state index contributed by atoms with van der Waals surface area (Å²) in [5, 5.41) is 10.2. The molecule has 0 saturated heterocycles. The van der Waals surface area contributed by atoms with Crippen LogP contribution in [0.1, 0.15) is 112 Å². The van der Waals surface area contributed by atoms with Crippen molar-refractivity contribution in [1.82, 2.24) is 0 Å². The molecular formula is C32H48O5. The Hall–Kier alpha value is -1.36. The molecular weight excluding hydrogens is 464 g/mol. The molecule has 0 aromatic rings. The van der Waals surface area contributed by atoms with E-state index >= 15 is 0 Å². The van der Waals surface area contributed by atoms with E-state index in [4.69, 9.17) is 9.47 Å². The molecule has 4 fully saturated rings. The summed E-state index contributed by atoms with van der Waals surface area (Å²) < 4.78 is 12.2. The van der Waals surface area contributed by atoms with Crippen LogP contribution in [-0.2, 0) is 19.1 Å². The third-order valence-corrected chi connectivity index (χ3v) is 13.2. The average molecular weight is 513 g/mol. The molecule has 1 spiro atoms. The Morgan fingerprint density at radius 3 is 2.46 bits per heavy atom. The molecule has 1 heterocycles. The summed E-state index contributed by atoms with van der Waals surface area (Å²) in [6, 6.07) is 0. The van der Waals surface area contributed by atoms with E-state index in [9.17, 15) is 14.7 Å². The number of aliphatic hydroxyl groups is 1. The van der Waals surface area contributed by atoms with Crippen molar-refractivity contribution < 1.29 is 24.2 Å². The Kier molecular flexibility index (Phi) is 5.82. The van der Waals surface area contributed by atoms with Gasteiger partial charge in [-0.25, -0.2) is 4.79 Å². The Bertz CT molecular complexity index is 1030. The minimum atomic E-state index is -0.686. The van der Waals surface area contributed by atoms with Crippen molar-refractivity contribution in [3.63, 3.8) is 0 Å². The number of hydrogen-bond donors (Lipinski definition) is 1. The fourth-order valence-electron chi connectivity index (χ4n) is 11.4. The van der Waals surface area contributed by atoms with Gasteiger partial charge in [0.25, 0.3) is 0 Å². The predicted molar refractivity (Wildman–Crippen MR) is 141 cm³/mol. The highest BCUT2D eigenvalue weighted by atomic mass is 16.6. The van der Waals surface area contributed by atoms with Crippen LogP contribution in [-0.4, -0.2) is 35.4 Å². The number of carbonyl (C=O) groups is 2.